The van der Waals surface area contributed by atoms with Crippen molar-refractivity contribution >= 4 is 43.4 Å². The molecule has 0 aliphatic heterocycles. The second kappa shape index (κ2) is 9.21. The first-order chi connectivity index (χ1) is 20.2. The lowest BCUT2D eigenvalue weighted by Gasteiger charge is -2.20. The van der Waals surface area contributed by atoms with Crippen molar-refractivity contribution in [2.45, 2.75) is 13.8 Å². The van der Waals surface area contributed by atoms with E-state index in [1.54, 1.807) is 0 Å². The normalized spacial score (nSPS) is 11.7. The Bertz CT molecular complexity index is 2130. The number of hydrogen-bond acceptors (Lipinski definition) is 0. The van der Waals surface area contributed by atoms with Crippen molar-refractivity contribution < 1.29 is 0 Å². The fraction of sp³-hybridized carbons (Fsp3) is 0.0500. The van der Waals surface area contributed by atoms with Crippen LogP contribution in [0.5, 0.6) is 0 Å². The Hall–Kier alpha value is -5.14. The number of nitrogens with zero attached hydrogens (tertiary/aromatic N) is 1. The van der Waals surface area contributed by atoms with Gasteiger partial charge in [-0.25, -0.2) is 0 Å². The Labute approximate surface area is 239 Å². The van der Waals surface area contributed by atoms with Gasteiger partial charge in [-0.2, -0.15) is 0 Å². The predicted molar refractivity (Wildman–Crippen MR) is 176 cm³/mol. The molecule has 1 nitrogen and oxygen atoms in total. The van der Waals surface area contributed by atoms with Gasteiger partial charge in [0.1, 0.15) is 0 Å². The number of aromatic nitrogens is 1. The van der Waals surface area contributed by atoms with Gasteiger partial charge >= 0.3 is 0 Å². The Morgan fingerprint density at radius 1 is 0.341 bits per heavy atom. The summed E-state index contributed by atoms with van der Waals surface area (Å²) in [5.74, 6) is 0. The number of hydrogen-bond donors (Lipinski definition) is 0. The Morgan fingerprint density at radius 2 is 0.756 bits per heavy atom. The molecular weight excluding hydrogens is 494 g/mol. The van der Waals surface area contributed by atoms with Gasteiger partial charge in [0.2, 0.25) is 0 Å². The summed E-state index contributed by atoms with van der Waals surface area (Å²) >= 11 is 0. The summed E-state index contributed by atoms with van der Waals surface area (Å²) in [6.07, 6.45) is 0. The molecular formula is C40H29N. The van der Waals surface area contributed by atoms with E-state index in [-0.39, 0.29) is 0 Å². The molecule has 8 aromatic rings. The Balaban J connectivity index is 1.39. The Morgan fingerprint density at radius 3 is 1.24 bits per heavy atom. The summed E-state index contributed by atoms with van der Waals surface area (Å²) in [5.41, 5.74) is 11.4. The van der Waals surface area contributed by atoms with Crippen molar-refractivity contribution in [2.24, 2.45) is 0 Å². The molecule has 0 spiro atoms. The third-order valence-corrected chi connectivity index (χ3v) is 8.66. The number of fused-ring (bicyclic) bond motifs is 5. The molecule has 0 bridgehead atoms. The van der Waals surface area contributed by atoms with Crippen LogP contribution in [0.4, 0.5) is 0 Å². The van der Waals surface area contributed by atoms with Crippen LogP contribution in [0.1, 0.15) is 11.1 Å². The smallest absolute Gasteiger partial charge is 0.0541 e. The minimum Gasteiger partial charge on any atom is -0.309 e. The van der Waals surface area contributed by atoms with Crippen LogP contribution in [0.2, 0.25) is 0 Å². The summed E-state index contributed by atoms with van der Waals surface area (Å²) in [6, 6.07) is 51.0. The van der Waals surface area contributed by atoms with Crippen LogP contribution in [0.3, 0.4) is 0 Å². The molecule has 0 unspecified atom stereocenters. The fourth-order valence-corrected chi connectivity index (χ4v) is 6.90. The van der Waals surface area contributed by atoms with Crippen LogP contribution in [0.15, 0.2) is 140 Å². The van der Waals surface area contributed by atoms with E-state index in [2.05, 4.69) is 158 Å². The number of rotatable bonds is 3. The largest absolute Gasteiger partial charge is 0.309 e. The topological polar surface area (TPSA) is 4.93 Å². The first-order valence-corrected chi connectivity index (χ1v) is 14.3. The molecule has 41 heavy (non-hydrogen) atoms. The molecule has 194 valence electrons. The average molecular weight is 524 g/mol. The zero-order valence-corrected chi connectivity index (χ0v) is 23.2. The molecule has 0 fully saturated rings. The molecule has 0 atom stereocenters. The zero-order valence-electron chi connectivity index (χ0n) is 23.2. The molecule has 0 N–H and O–H groups in total. The van der Waals surface area contributed by atoms with Crippen molar-refractivity contribution in [1.82, 2.24) is 4.57 Å². The monoisotopic (exact) mass is 523 g/mol. The van der Waals surface area contributed by atoms with Gasteiger partial charge in [0.15, 0.2) is 0 Å². The lowest BCUT2D eigenvalue weighted by Crippen LogP contribution is -1.95. The van der Waals surface area contributed by atoms with E-state index in [1.807, 2.05) is 0 Å². The minimum absolute atomic E-state index is 1.17. The van der Waals surface area contributed by atoms with Gasteiger partial charge in [-0.1, -0.05) is 115 Å². The van der Waals surface area contributed by atoms with Crippen molar-refractivity contribution in [3.63, 3.8) is 0 Å². The molecule has 0 radical (unpaired) electrons. The molecule has 0 aliphatic rings. The van der Waals surface area contributed by atoms with Crippen molar-refractivity contribution in [2.75, 3.05) is 0 Å². The van der Waals surface area contributed by atoms with Gasteiger partial charge in [0.05, 0.1) is 11.0 Å². The maximum absolute atomic E-state index is 2.38. The zero-order chi connectivity index (χ0) is 27.5. The lowest BCUT2D eigenvalue weighted by molar-refractivity contribution is 1.18. The third kappa shape index (κ3) is 3.56. The van der Waals surface area contributed by atoms with Crippen LogP contribution < -0.4 is 0 Å². The first-order valence-electron chi connectivity index (χ1n) is 14.3. The van der Waals surface area contributed by atoms with E-state index in [0.717, 1.165) is 0 Å². The van der Waals surface area contributed by atoms with Crippen LogP contribution in [-0.4, -0.2) is 4.57 Å². The molecule has 0 aliphatic carbocycles. The lowest BCUT2D eigenvalue weighted by atomic mass is 9.83. The Kier molecular flexibility index (Phi) is 5.33. The SMILES string of the molecule is Cc1cccc(C)c1-c1c2ccccc2c(-c2ccc(-n3c4ccccc4c4ccccc43)cc2)c2ccccc12. The maximum atomic E-state index is 2.38. The van der Waals surface area contributed by atoms with Crippen LogP contribution in [0, 0.1) is 13.8 Å². The number of para-hydroxylation sites is 2. The molecule has 0 amide bonds. The molecule has 0 saturated carbocycles. The molecule has 8 rings (SSSR count). The third-order valence-electron chi connectivity index (χ3n) is 8.66. The van der Waals surface area contributed by atoms with Crippen LogP contribution in [-0.2, 0) is 0 Å². The van der Waals surface area contributed by atoms with E-state index >= 15 is 0 Å². The maximum Gasteiger partial charge on any atom is 0.0541 e. The van der Waals surface area contributed by atoms with Gasteiger partial charge < -0.3 is 4.57 Å². The summed E-state index contributed by atoms with van der Waals surface area (Å²) in [7, 11) is 0. The van der Waals surface area contributed by atoms with Gasteiger partial charge in [-0.15, -0.1) is 0 Å². The standard InChI is InChI=1S/C40H29N/c1-26-12-11-13-27(2)38(26)40-34-18-5-3-16-32(34)39(33-17-4-6-19-35(33)40)28-22-24-29(25-23-28)41-36-20-9-7-14-30(36)31-15-8-10-21-37(31)41/h3-25H,1-2H3. The highest BCUT2D eigenvalue weighted by Gasteiger charge is 2.19. The highest BCUT2D eigenvalue weighted by molar-refractivity contribution is 6.22. The van der Waals surface area contributed by atoms with E-state index < -0.39 is 0 Å². The summed E-state index contributed by atoms with van der Waals surface area (Å²) in [4.78, 5) is 0. The van der Waals surface area contributed by atoms with E-state index in [1.165, 1.54) is 82.4 Å². The highest BCUT2D eigenvalue weighted by atomic mass is 15.0. The van der Waals surface area contributed by atoms with E-state index in [4.69, 9.17) is 0 Å². The minimum atomic E-state index is 1.17. The van der Waals surface area contributed by atoms with E-state index in [0.29, 0.717) is 0 Å². The number of aryl methyl sites for hydroxylation is 2. The predicted octanol–water partition coefficient (Wildman–Crippen LogP) is 11.0. The summed E-state index contributed by atoms with van der Waals surface area (Å²) < 4.78 is 2.38. The molecule has 1 heteroatoms. The molecule has 1 aromatic heterocycles. The highest BCUT2D eigenvalue weighted by Crippen LogP contribution is 2.45. The van der Waals surface area contributed by atoms with Crippen molar-refractivity contribution in [3.05, 3.63) is 151 Å². The van der Waals surface area contributed by atoms with Crippen molar-refractivity contribution in [1.29, 1.82) is 0 Å². The summed E-state index contributed by atoms with van der Waals surface area (Å²) in [6.45, 7) is 4.46. The second-order valence-corrected chi connectivity index (χ2v) is 11.0. The van der Waals surface area contributed by atoms with Gasteiger partial charge in [0.25, 0.3) is 0 Å². The van der Waals surface area contributed by atoms with E-state index in [9.17, 15) is 0 Å². The molecule has 0 saturated heterocycles. The van der Waals surface area contributed by atoms with Crippen LogP contribution in [0.25, 0.3) is 71.3 Å². The van der Waals surface area contributed by atoms with Crippen LogP contribution >= 0.6 is 0 Å². The van der Waals surface area contributed by atoms with Crippen molar-refractivity contribution in [3.8, 4) is 27.9 Å². The molecule has 7 aromatic carbocycles. The second-order valence-electron chi connectivity index (χ2n) is 11.0. The quantitative estimate of drug-likeness (QED) is 0.203. The number of benzene rings is 7. The van der Waals surface area contributed by atoms with Gasteiger partial charge in [-0.3, -0.25) is 0 Å². The molecule has 1 heterocycles. The first kappa shape index (κ1) is 23.7. The average Bonchev–Trinajstić information content (AvgIpc) is 3.35. The fourth-order valence-electron chi connectivity index (χ4n) is 6.90. The van der Waals surface area contributed by atoms with Gasteiger partial charge in [0, 0.05) is 16.5 Å². The van der Waals surface area contributed by atoms with Gasteiger partial charge in [-0.05, 0) is 93.0 Å². The summed E-state index contributed by atoms with van der Waals surface area (Å²) in [5, 5.41) is 7.73.